The monoisotopic (exact) mass is 618 g/mol. The highest BCUT2D eigenvalue weighted by Gasteiger charge is 2.44. The molecule has 9 heteroatoms. The minimum atomic E-state index is -3.96. The van der Waals surface area contributed by atoms with Crippen molar-refractivity contribution in [1.29, 1.82) is 0 Å². The Morgan fingerprint density at radius 1 is 1.03 bits per heavy atom. The van der Waals surface area contributed by atoms with Crippen LogP contribution in [0, 0.1) is 12.8 Å². The molecule has 7 nitrogen and oxygen atoms in total. The number of rotatable bonds is 9. The number of cyclic esters (lactones) is 1. The van der Waals surface area contributed by atoms with E-state index in [0.29, 0.717) is 16.4 Å². The molecule has 3 atom stereocenters. The van der Waals surface area contributed by atoms with Crippen LogP contribution in [-0.2, 0) is 19.6 Å². The molecule has 4 rings (SSSR count). The van der Waals surface area contributed by atoms with Crippen LogP contribution in [0.4, 0.5) is 4.79 Å². The number of hydrogen-bond acceptors (Lipinski definition) is 5. The number of benzene rings is 3. The lowest BCUT2D eigenvalue weighted by Crippen LogP contribution is -2.45. The van der Waals surface area contributed by atoms with Gasteiger partial charge in [-0.25, -0.2) is 22.8 Å². The number of amides is 2. The molecule has 0 spiro atoms. The molecule has 188 valence electrons. The zero-order valence-corrected chi connectivity index (χ0v) is 22.7. The standard InChI is InChI=1S/C27H27IN2O5S/c1-19-12-14-22(15-13-19)36(33,34)29-25(21-10-6-3-7-11-21)23(16-17-28)26(31)30-24(18-35-27(30)32)20-8-4-2-5-9-20/h2-15,23-25,29H,16-18H2,1H3/t23-,24-,25-/m1/s1. The number of nitrogens with zero attached hydrogens (tertiary/aromatic N) is 1. The van der Waals surface area contributed by atoms with Gasteiger partial charge in [-0.1, -0.05) is 101 Å². The van der Waals surface area contributed by atoms with E-state index in [1.807, 2.05) is 43.3 Å². The number of nitrogens with one attached hydrogen (secondary N) is 1. The Hall–Kier alpha value is -2.76. The van der Waals surface area contributed by atoms with E-state index >= 15 is 0 Å². The average molecular weight is 618 g/mol. The Labute approximate surface area is 225 Å². The second kappa shape index (κ2) is 11.5. The Morgan fingerprint density at radius 3 is 2.25 bits per heavy atom. The largest absolute Gasteiger partial charge is 0.446 e. The van der Waals surface area contributed by atoms with Crippen molar-refractivity contribution in [2.75, 3.05) is 11.0 Å². The van der Waals surface area contributed by atoms with E-state index in [-0.39, 0.29) is 11.5 Å². The highest BCUT2D eigenvalue weighted by Crippen LogP contribution is 2.35. The predicted molar refractivity (Wildman–Crippen MR) is 145 cm³/mol. The van der Waals surface area contributed by atoms with Crippen LogP contribution in [-0.4, -0.2) is 36.4 Å². The summed E-state index contributed by atoms with van der Waals surface area (Å²) in [4.78, 5) is 28.0. The molecule has 0 unspecified atom stereocenters. The van der Waals surface area contributed by atoms with Crippen LogP contribution < -0.4 is 4.72 Å². The molecule has 0 bridgehead atoms. The summed E-state index contributed by atoms with van der Waals surface area (Å²) in [6, 6.07) is 23.3. The van der Waals surface area contributed by atoms with Crippen LogP contribution in [0.3, 0.4) is 0 Å². The van der Waals surface area contributed by atoms with Crippen molar-refractivity contribution >= 4 is 44.6 Å². The summed E-state index contributed by atoms with van der Waals surface area (Å²) in [7, 11) is -3.96. The maximum Gasteiger partial charge on any atom is 0.417 e. The summed E-state index contributed by atoms with van der Waals surface area (Å²) in [5, 5.41) is 0. The van der Waals surface area contributed by atoms with Gasteiger partial charge < -0.3 is 4.74 Å². The number of alkyl halides is 1. The SMILES string of the molecule is Cc1ccc(S(=O)(=O)N[C@H](c2ccccc2)[C@@H](CCI)C(=O)N2C(=O)OC[C@@H]2c2ccccc2)cc1. The second-order valence-electron chi connectivity index (χ2n) is 8.62. The number of halogens is 1. The summed E-state index contributed by atoms with van der Waals surface area (Å²) in [6.45, 7) is 1.93. The van der Waals surface area contributed by atoms with Gasteiger partial charge in [0.1, 0.15) is 12.6 Å². The molecule has 1 fully saturated rings. The molecule has 1 heterocycles. The number of ether oxygens (including phenoxy) is 1. The minimum Gasteiger partial charge on any atom is -0.446 e. The van der Waals surface area contributed by atoms with Gasteiger partial charge in [0, 0.05) is 4.43 Å². The van der Waals surface area contributed by atoms with Crippen LogP contribution in [0.2, 0.25) is 0 Å². The molecule has 1 aliphatic rings. The molecule has 0 saturated carbocycles. The summed E-state index contributed by atoms with van der Waals surface area (Å²) in [5.74, 6) is -1.30. The first-order valence-electron chi connectivity index (χ1n) is 11.6. The summed E-state index contributed by atoms with van der Waals surface area (Å²) < 4.78 is 35.4. The average Bonchev–Trinajstić information content (AvgIpc) is 3.28. The third kappa shape index (κ3) is 5.79. The van der Waals surface area contributed by atoms with E-state index in [9.17, 15) is 18.0 Å². The molecule has 0 aromatic heterocycles. The van der Waals surface area contributed by atoms with Gasteiger partial charge in [-0.2, -0.15) is 0 Å². The summed E-state index contributed by atoms with van der Waals surface area (Å²) in [6.07, 6.45) is -0.360. The summed E-state index contributed by atoms with van der Waals surface area (Å²) >= 11 is 2.16. The van der Waals surface area contributed by atoms with Gasteiger partial charge in [-0.3, -0.25) is 4.79 Å². The third-order valence-corrected chi connectivity index (χ3v) is 8.29. The molecule has 3 aromatic rings. The number of imide groups is 1. The Kier molecular flexibility index (Phi) is 8.43. The zero-order chi connectivity index (χ0) is 25.7. The quantitative estimate of drug-likeness (QED) is 0.264. The Bertz CT molecular complexity index is 1300. The lowest BCUT2D eigenvalue weighted by atomic mass is 9.89. The first-order valence-corrected chi connectivity index (χ1v) is 14.6. The fourth-order valence-electron chi connectivity index (χ4n) is 4.31. The predicted octanol–water partition coefficient (Wildman–Crippen LogP) is 5.18. The number of carbonyl (C=O) groups is 2. The van der Waals surface area contributed by atoms with E-state index in [4.69, 9.17) is 4.74 Å². The van der Waals surface area contributed by atoms with Crippen molar-refractivity contribution in [3.05, 3.63) is 102 Å². The molecule has 3 aromatic carbocycles. The number of sulfonamides is 1. The van der Waals surface area contributed by atoms with Gasteiger partial charge in [0.15, 0.2) is 0 Å². The number of carbonyl (C=O) groups excluding carboxylic acids is 2. The van der Waals surface area contributed by atoms with Crippen molar-refractivity contribution in [3.63, 3.8) is 0 Å². The maximum absolute atomic E-state index is 14.0. The fraction of sp³-hybridized carbons (Fsp3) is 0.259. The molecular weight excluding hydrogens is 591 g/mol. The Balaban J connectivity index is 1.73. The fourth-order valence-corrected chi connectivity index (χ4v) is 6.25. The van der Waals surface area contributed by atoms with Crippen molar-refractivity contribution < 1.29 is 22.7 Å². The minimum absolute atomic E-state index is 0.0522. The normalized spacial score (nSPS) is 17.4. The maximum atomic E-state index is 14.0. The topological polar surface area (TPSA) is 92.8 Å². The lowest BCUT2D eigenvalue weighted by molar-refractivity contribution is -0.134. The van der Waals surface area contributed by atoms with Crippen LogP contribution in [0.1, 0.15) is 35.2 Å². The van der Waals surface area contributed by atoms with Gasteiger partial charge in [0.25, 0.3) is 0 Å². The molecule has 0 aliphatic carbocycles. The molecule has 1 saturated heterocycles. The van der Waals surface area contributed by atoms with Crippen molar-refractivity contribution in [1.82, 2.24) is 9.62 Å². The van der Waals surface area contributed by atoms with Gasteiger partial charge in [-0.05, 0) is 36.6 Å². The van der Waals surface area contributed by atoms with Gasteiger partial charge >= 0.3 is 6.09 Å². The number of aryl methyl sites for hydroxylation is 1. The smallest absolute Gasteiger partial charge is 0.417 e. The van der Waals surface area contributed by atoms with Crippen molar-refractivity contribution in [2.24, 2.45) is 5.92 Å². The van der Waals surface area contributed by atoms with Crippen molar-refractivity contribution in [2.45, 2.75) is 30.3 Å². The van der Waals surface area contributed by atoms with E-state index in [0.717, 1.165) is 16.0 Å². The van der Waals surface area contributed by atoms with E-state index in [1.165, 1.54) is 12.1 Å². The van der Waals surface area contributed by atoms with E-state index < -0.39 is 40.0 Å². The van der Waals surface area contributed by atoms with Crippen LogP contribution in [0.25, 0.3) is 0 Å². The molecular formula is C27H27IN2O5S. The first kappa shape index (κ1) is 26.3. The highest BCUT2D eigenvalue weighted by molar-refractivity contribution is 14.1. The first-order chi connectivity index (χ1) is 17.3. The lowest BCUT2D eigenvalue weighted by Gasteiger charge is -2.31. The Morgan fingerprint density at radius 2 is 1.64 bits per heavy atom. The third-order valence-electron chi connectivity index (χ3n) is 6.21. The van der Waals surface area contributed by atoms with Crippen LogP contribution in [0.5, 0.6) is 0 Å². The van der Waals surface area contributed by atoms with Gasteiger partial charge in [0.05, 0.1) is 16.9 Å². The van der Waals surface area contributed by atoms with Gasteiger partial charge in [-0.15, -0.1) is 0 Å². The number of hydrogen-bond donors (Lipinski definition) is 1. The van der Waals surface area contributed by atoms with E-state index in [2.05, 4.69) is 27.3 Å². The van der Waals surface area contributed by atoms with E-state index in [1.54, 1.807) is 36.4 Å². The van der Waals surface area contributed by atoms with Crippen LogP contribution >= 0.6 is 22.6 Å². The molecule has 2 amide bonds. The van der Waals surface area contributed by atoms with Crippen LogP contribution in [0.15, 0.2) is 89.8 Å². The zero-order valence-electron chi connectivity index (χ0n) is 19.7. The summed E-state index contributed by atoms with van der Waals surface area (Å²) in [5.41, 5.74) is 2.35. The second-order valence-corrected chi connectivity index (χ2v) is 11.4. The molecule has 1 N–H and O–H groups in total. The highest BCUT2D eigenvalue weighted by atomic mass is 127. The van der Waals surface area contributed by atoms with Crippen molar-refractivity contribution in [3.8, 4) is 0 Å². The molecule has 0 radical (unpaired) electrons. The van der Waals surface area contributed by atoms with Gasteiger partial charge in [0.2, 0.25) is 15.9 Å². The molecule has 36 heavy (non-hydrogen) atoms. The molecule has 1 aliphatic heterocycles.